The Hall–Kier alpha value is -1.79. The number of benzene rings is 2. The molecule has 0 spiro atoms. The van der Waals surface area contributed by atoms with Crippen LogP contribution in [0.2, 0.25) is 0 Å². The van der Waals surface area contributed by atoms with Crippen molar-refractivity contribution in [2.45, 2.75) is 26.3 Å². The van der Waals surface area contributed by atoms with E-state index in [1.807, 2.05) is 38.3 Å². The lowest BCUT2D eigenvalue weighted by Crippen LogP contribution is -2.44. The molecular formula is C20H23BrN2O2S. The number of amides is 2. The van der Waals surface area contributed by atoms with Crippen LogP contribution in [-0.4, -0.2) is 29.9 Å². The van der Waals surface area contributed by atoms with Crippen LogP contribution in [0.1, 0.15) is 27.9 Å². The molecule has 0 bridgehead atoms. The molecule has 0 aliphatic heterocycles. The Kier molecular flexibility index (Phi) is 7.72. The lowest BCUT2D eigenvalue weighted by atomic mass is 10.1. The molecule has 2 rings (SSSR count). The molecule has 1 unspecified atom stereocenters. The van der Waals surface area contributed by atoms with Gasteiger partial charge in [-0.15, -0.1) is 0 Å². The van der Waals surface area contributed by atoms with E-state index in [4.69, 9.17) is 0 Å². The predicted molar refractivity (Wildman–Crippen MR) is 113 cm³/mol. The van der Waals surface area contributed by atoms with Crippen LogP contribution >= 0.6 is 27.7 Å². The molecule has 2 amide bonds. The van der Waals surface area contributed by atoms with E-state index in [1.54, 1.807) is 30.0 Å². The highest BCUT2D eigenvalue weighted by Gasteiger charge is 2.22. The average molecular weight is 435 g/mol. The van der Waals surface area contributed by atoms with E-state index in [1.165, 1.54) is 0 Å². The van der Waals surface area contributed by atoms with Crippen molar-refractivity contribution >= 4 is 45.2 Å². The van der Waals surface area contributed by atoms with Crippen molar-refractivity contribution in [3.63, 3.8) is 0 Å². The van der Waals surface area contributed by atoms with Gasteiger partial charge < -0.3 is 10.6 Å². The van der Waals surface area contributed by atoms with Crippen molar-refractivity contribution in [2.75, 3.05) is 17.3 Å². The van der Waals surface area contributed by atoms with Gasteiger partial charge in [0.1, 0.15) is 6.04 Å². The minimum atomic E-state index is -0.595. The van der Waals surface area contributed by atoms with Crippen LogP contribution in [0, 0.1) is 13.8 Å². The first kappa shape index (κ1) is 20.5. The zero-order valence-corrected chi connectivity index (χ0v) is 17.5. The SMILES string of the molecule is CSCCC(NC(=O)c1ccccc1Br)C(=O)Nc1cc(C)cc(C)c1. The maximum Gasteiger partial charge on any atom is 0.253 e. The van der Waals surface area contributed by atoms with Gasteiger partial charge >= 0.3 is 0 Å². The van der Waals surface area contributed by atoms with Crippen molar-refractivity contribution in [3.8, 4) is 0 Å². The van der Waals surface area contributed by atoms with Gasteiger partial charge in [-0.2, -0.15) is 11.8 Å². The number of hydrogen-bond donors (Lipinski definition) is 2. The summed E-state index contributed by atoms with van der Waals surface area (Å²) >= 11 is 5.02. The molecule has 0 saturated heterocycles. The summed E-state index contributed by atoms with van der Waals surface area (Å²) in [5.74, 6) is 0.310. The molecule has 2 aromatic carbocycles. The quantitative estimate of drug-likeness (QED) is 0.671. The highest BCUT2D eigenvalue weighted by Crippen LogP contribution is 2.17. The number of thioether (sulfide) groups is 1. The summed E-state index contributed by atoms with van der Waals surface area (Å²) in [6.45, 7) is 3.98. The molecule has 2 N–H and O–H groups in total. The molecule has 0 heterocycles. The van der Waals surface area contributed by atoms with Gasteiger partial charge in [-0.25, -0.2) is 0 Å². The van der Waals surface area contributed by atoms with E-state index in [2.05, 4.69) is 32.6 Å². The minimum Gasteiger partial charge on any atom is -0.340 e. The van der Waals surface area contributed by atoms with Gasteiger partial charge in [0.15, 0.2) is 0 Å². The maximum absolute atomic E-state index is 12.7. The first-order valence-electron chi connectivity index (χ1n) is 8.34. The fourth-order valence-corrected chi connectivity index (χ4v) is 3.60. The largest absolute Gasteiger partial charge is 0.340 e. The molecule has 138 valence electrons. The van der Waals surface area contributed by atoms with Crippen LogP contribution in [0.25, 0.3) is 0 Å². The molecule has 26 heavy (non-hydrogen) atoms. The minimum absolute atomic E-state index is 0.204. The molecule has 6 heteroatoms. The van der Waals surface area contributed by atoms with Crippen molar-refractivity contribution < 1.29 is 9.59 Å². The fourth-order valence-electron chi connectivity index (χ4n) is 2.66. The van der Waals surface area contributed by atoms with Crippen LogP contribution in [-0.2, 0) is 4.79 Å². The molecule has 1 atom stereocenters. The van der Waals surface area contributed by atoms with Crippen molar-refractivity contribution in [2.24, 2.45) is 0 Å². The first-order valence-corrected chi connectivity index (χ1v) is 10.5. The summed E-state index contributed by atoms with van der Waals surface area (Å²) in [6, 6.07) is 12.5. The third kappa shape index (κ3) is 5.88. The third-order valence-corrected chi connectivity index (χ3v) is 5.18. The second kappa shape index (κ2) is 9.78. The van der Waals surface area contributed by atoms with E-state index < -0.39 is 6.04 Å². The normalized spacial score (nSPS) is 11.7. The number of carbonyl (C=O) groups is 2. The topological polar surface area (TPSA) is 58.2 Å². The molecule has 0 aliphatic rings. The second-order valence-corrected chi connectivity index (χ2v) is 7.99. The van der Waals surface area contributed by atoms with Crippen molar-refractivity contribution in [3.05, 3.63) is 63.6 Å². The fraction of sp³-hybridized carbons (Fsp3) is 0.300. The predicted octanol–water partition coefficient (Wildman–Crippen LogP) is 4.56. The lowest BCUT2D eigenvalue weighted by Gasteiger charge is -2.19. The summed E-state index contributed by atoms with van der Waals surface area (Å²) in [4.78, 5) is 25.3. The molecule has 0 saturated carbocycles. The summed E-state index contributed by atoms with van der Waals surface area (Å²) < 4.78 is 0.704. The summed E-state index contributed by atoms with van der Waals surface area (Å²) in [5, 5.41) is 5.79. The average Bonchev–Trinajstić information content (AvgIpc) is 2.57. The van der Waals surface area contributed by atoms with Crippen LogP contribution in [0.3, 0.4) is 0 Å². The zero-order chi connectivity index (χ0) is 19.1. The Morgan fingerprint density at radius 2 is 1.77 bits per heavy atom. The Labute approximate surface area is 167 Å². The Balaban J connectivity index is 2.13. The number of halogens is 1. The van der Waals surface area contributed by atoms with Gasteiger partial charge in [-0.3, -0.25) is 9.59 Å². The van der Waals surface area contributed by atoms with Crippen LogP contribution in [0.4, 0.5) is 5.69 Å². The van der Waals surface area contributed by atoms with Crippen molar-refractivity contribution in [1.82, 2.24) is 5.32 Å². The van der Waals surface area contributed by atoms with Crippen LogP contribution in [0.5, 0.6) is 0 Å². The molecule has 2 aromatic rings. The summed E-state index contributed by atoms with van der Waals surface area (Å²) in [5.41, 5.74) is 3.43. The number of nitrogens with one attached hydrogen (secondary N) is 2. The Morgan fingerprint density at radius 1 is 1.12 bits per heavy atom. The highest BCUT2D eigenvalue weighted by atomic mass is 79.9. The number of aryl methyl sites for hydroxylation is 2. The van der Waals surface area contributed by atoms with Crippen LogP contribution < -0.4 is 10.6 Å². The number of anilines is 1. The van der Waals surface area contributed by atoms with E-state index in [0.717, 1.165) is 22.6 Å². The number of carbonyl (C=O) groups excluding carboxylic acids is 2. The van der Waals surface area contributed by atoms with E-state index >= 15 is 0 Å². The smallest absolute Gasteiger partial charge is 0.253 e. The van der Waals surface area contributed by atoms with Gasteiger partial charge in [0, 0.05) is 10.2 Å². The van der Waals surface area contributed by atoms with Crippen LogP contribution in [0.15, 0.2) is 46.9 Å². The van der Waals surface area contributed by atoms with E-state index in [9.17, 15) is 9.59 Å². The van der Waals surface area contributed by atoms with Gasteiger partial charge in [0.2, 0.25) is 5.91 Å². The molecular weight excluding hydrogens is 412 g/mol. The van der Waals surface area contributed by atoms with E-state index in [-0.39, 0.29) is 11.8 Å². The lowest BCUT2D eigenvalue weighted by molar-refractivity contribution is -0.118. The van der Waals surface area contributed by atoms with Crippen molar-refractivity contribution in [1.29, 1.82) is 0 Å². The monoisotopic (exact) mass is 434 g/mol. The highest BCUT2D eigenvalue weighted by molar-refractivity contribution is 9.10. The number of rotatable bonds is 7. The molecule has 0 aromatic heterocycles. The van der Waals surface area contributed by atoms with Gasteiger partial charge in [0.25, 0.3) is 5.91 Å². The van der Waals surface area contributed by atoms with Gasteiger partial charge in [-0.05, 0) is 83.6 Å². The summed E-state index contributed by atoms with van der Waals surface area (Å²) in [6.07, 6.45) is 2.54. The van der Waals surface area contributed by atoms with Gasteiger partial charge in [-0.1, -0.05) is 18.2 Å². The standard InChI is InChI=1S/C20H23BrN2O2S/c1-13-10-14(2)12-15(11-13)22-20(25)18(8-9-26-3)23-19(24)16-6-4-5-7-17(16)21/h4-7,10-12,18H,8-9H2,1-3H3,(H,22,25)(H,23,24). The van der Waals surface area contributed by atoms with Gasteiger partial charge in [0.05, 0.1) is 5.56 Å². The molecule has 4 nitrogen and oxygen atoms in total. The Bertz CT molecular complexity index is 775. The zero-order valence-electron chi connectivity index (χ0n) is 15.1. The molecule has 0 fully saturated rings. The summed E-state index contributed by atoms with van der Waals surface area (Å²) in [7, 11) is 0. The maximum atomic E-state index is 12.7. The van der Waals surface area contributed by atoms with E-state index in [0.29, 0.717) is 16.5 Å². The molecule has 0 radical (unpaired) electrons. The molecule has 0 aliphatic carbocycles. The second-order valence-electron chi connectivity index (χ2n) is 6.15. The first-order chi connectivity index (χ1) is 12.4. The third-order valence-electron chi connectivity index (χ3n) is 3.84. The number of hydrogen-bond acceptors (Lipinski definition) is 3. The Morgan fingerprint density at radius 3 is 2.38 bits per heavy atom.